The molecule has 0 aliphatic rings. The fourth-order valence-corrected chi connectivity index (χ4v) is 1.60. The molecule has 3 nitrogen and oxygen atoms in total. The van der Waals surface area contributed by atoms with Crippen LogP contribution in [0.15, 0.2) is 30.5 Å². The Labute approximate surface area is 88.1 Å². The molecule has 0 saturated carbocycles. The van der Waals surface area contributed by atoms with Crippen LogP contribution in [0.4, 0.5) is 0 Å². The molecule has 0 amide bonds. The first-order valence-corrected chi connectivity index (χ1v) is 4.92. The lowest BCUT2D eigenvalue weighted by Crippen LogP contribution is -2.01. The molecule has 0 fully saturated rings. The molecule has 1 N–H and O–H groups in total. The fourth-order valence-electron chi connectivity index (χ4n) is 1.60. The van der Waals surface area contributed by atoms with E-state index in [0.29, 0.717) is 6.42 Å². The van der Waals surface area contributed by atoms with E-state index in [9.17, 15) is 4.79 Å². The molecule has 0 atom stereocenters. The topological polar surface area (TPSA) is 42.1 Å². The molecular weight excluding hydrogens is 190 g/mol. The first kappa shape index (κ1) is 9.77. The van der Waals surface area contributed by atoms with Gasteiger partial charge in [0.1, 0.15) is 0 Å². The quantitative estimate of drug-likeness (QED) is 0.777. The van der Waals surface area contributed by atoms with Gasteiger partial charge in [-0.25, -0.2) is 0 Å². The second kappa shape index (κ2) is 4.17. The summed E-state index contributed by atoms with van der Waals surface area (Å²) in [6.45, 7) is 0. The minimum absolute atomic E-state index is 0.165. The Morgan fingerprint density at radius 3 is 3.07 bits per heavy atom. The largest absolute Gasteiger partial charge is 0.469 e. The van der Waals surface area contributed by atoms with E-state index >= 15 is 0 Å². The van der Waals surface area contributed by atoms with Crippen molar-refractivity contribution < 1.29 is 9.53 Å². The summed E-state index contributed by atoms with van der Waals surface area (Å²) in [5, 5.41) is 1.19. The minimum Gasteiger partial charge on any atom is -0.469 e. The molecule has 0 aliphatic carbocycles. The van der Waals surface area contributed by atoms with Crippen LogP contribution in [0.25, 0.3) is 10.9 Å². The van der Waals surface area contributed by atoms with E-state index in [-0.39, 0.29) is 5.97 Å². The molecule has 1 heterocycles. The van der Waals surface area contributed by atoms with Crippen molar-refractivity contribution in [2.24, 2.45) is 0 Å². The van der Waals surface area contributed by atoms with E-state index in [4.69, 9.17) is 0 Å². The van der Waals surface area contributed by atoms with Crippen molar-refractivity contribution >= 4 is 16.9 Å². The van der Waals surface area contributed by atoms with Crippen molar-refractivity contribution in [1.29, 1.82) is 0 Å². The SMILES string of the molecule is COC(=O)CCc1ccc2cc[nH]c2c1. The number of hydrogen-bond donors (Lipinski definition) is 1. The Hall–Kier alpha value is -1.77. The normalized spacial score (nSPS) is 10.5. The van der Waals surface area contributed by atoms with Gasteiger partial charge in [-0.15, -0.1) is 0 Å². The number of methoxy groups -OCH3 is 1. The van der Waals surface area contributed by atoms with Crippen molar-refractivity contribution in [2.75, 3.05) is 7.11 Å². The molecule has 0 bridgehead atoms. The van der Waals surface area contributed by atoms with Crippen LogP contribution in [0.3, 0.4) is 0 Å². The van der Waals surface area contributed by atoms with Crippen LogP contribution >= 0.6 is 0 Å². The summed E-state index contributed by atoms with van der Waals surface area (Å²) in [6.07, 6.45) is 3.07. The van der Waals surface area contributed by atoms with E-state index in [2.05, 4.69) is 21.9 Å². The van der Waals surface area contributed by atoms with Gasteiger partial charge in [0, 0.05) is 18.1 Å². The van der Waals surface area contributed by atoms with Gasteiger partial charge < -0.3 is 9.72 Å². The Morgan fingerprint density at radius 2 is 2.27 bits per heavy atom. The van der Waals surface area contributed by atoms with Crippen LogP contribution in [0.5, 0.6) is 0 Å². The van der Waals surface area contributed by atoms with Crippen LogP contribution in [-0.4, -0.2) is 18.1 Å². The summed E-state index contributed by atoms with van der Waals surface area (Å²) in [5.41, 5.74) is 2.26. The molecule has 0 radical (unpaired) electrons. The van der Waals surface area contributed by atoms with E-state index in [1.165, 1.54) is 12.5 Å². The highest BCUT2D eigenvalue weighted by Gasteiger charge is 2.02. The Kier molecular flexibility index (Phi) is 2.72. The summed E-state index contributed by atoms with van der Waals surface area (Å²) in [5.74, 6) is -0.165. The van der Waals surface area contributed by atoms with Gasteiger partial charge in [0.25, 0.3) is 0 Å². The lowest BCUT2D eigenvalue weighted by atomic mass is 10.1. The Morgan fingerprint density at radius 1 is 1.40 bits per heavy atom. The molecule has 0 aliphatic heterocycles. The zero-order valence-electron chi connectivity index (χ0n) is 8.62. The van der Waals surface area contributed by atoms with Crippen LogP contribution < -0.4 is 0 Å². The highest BCUT2D eigenvalue weighted by atomic mass is 16.5. The number of fused-ring (bicyclic) bond motifs is 1. The summed E-state index contributed by atoms with van der Waals surface area (Å²) in [4.78, 5) is 14.1. The van der Waals surface area contributed by atoms with Crippen LogP contribution in [0.2, 0.25) is 0 Å². The van der Waals surface area contributed by atoms with E-state index in [1.54, 1.807) is 0 Å². The van der Waals surface area contributed by atoms with E-state index < -0.39 is 0 Å². The molecule has 1 aromatic carbocycles. The summed E-state index contributed by atoms with van der Waals surface area (Å²) < 4.78 is 4.60. The van der Waals surface area contributed by atoms with Crippen molar-refractivity contribution in [3.05, 3.63) is 36.0 Å². The number of nitrogens with one attached hydrogen (secondary N) is 1. The number of H-pyrrole nitrogens is 1. The summed E-state index contributed by atoms with van der Waals surface area (Å²) in [7, 11) is 1.41. The number of aromatic amines is 1. The lowest BCUT2D eigenvalue weighted by molar-refractivity contribution is -0.140. The lowest BCUT2D eigenvalue weighted by Gasteiger charge is -2.00. The van der Waals surface area contributed by atoms with Gasteiger partial charge in [-0.2, -0.15) is 0 Å². The van der Waals surface area contributed by atoms with Crippen molar-refractivity contribution in [3.63, 3.8) is 0 Å². The molecule has 2 rings (SSSR count). The Bertz CT molecular complexity index is 473. The average molecular weight is 203 g/mol. The summed E-state index contributed by atoms with van der Waals surface area (Å²) >= 11 is 0. The number of hydrogen-bond acceptors (Lipinski definition) is 2. The third-order valence-electron chi connectivity index (χ3n) is 2.46. The molecular formula is C12H13NO2. The van der Waals surface area contributed by atoms with Gasteiger partial charge in [0.2, 0.25) is 0 Å². The monoisotopic (exact) mass is 203 g/mol. The zero-order valence-corrected chi connectivity index (χ0v) is 8.62. The molecule has 0 spiro atoms. The van der Waals surface area contributed by atoms with Crippen molar-refractivity contribution in [2.45, 2.75) is 12.8 Å². The predicted molar refractivity (Wildman–Crippen MR) is 58.6 cm³/mol. The molecule has 3 heteroatoms. The number of benzene rings is 1. The van der Waals surface area contributed by atoms with Crippen LogP contribution in [-0.2, 0) is 16.0 Å². The number of ether oxygens (including phenoxy) is 1. The third-order valence-corrected chi connectivity index (χ3v) is 2.46. The first-order chi connectivity index (χ1) is 7.29. The maximum atomic E-state index is 11.0. The molecule has 1 aromatic heterocycles. The predicted octanol–water partition coefficient (Wildman–Crippen LogP) is 2.27. The second-order valence-electron chi connectivity index (χ2n) is 3.48. The Balaban J connectivity index is 2.11. The van der Waals surface area contributed by atoms with Crippen LogP contribution in [0, 0.1) is 0 Å². The molecule has 0 unspecified atom stereocenters. The van der Waals surface area contributed by atoms with Gasteiger partial charge in [-0.3, -0.25) is 4.79 Å². The minimum atomic E-state index is -0.165. The number of aryl methyl sites for hydroxylation is 1. The van der Waals surface area contributed by atoms with Crippen molar-refractivity contribution in [1.82, 2.24) is 4.98 Å². The zero-order chi connectivity index (χ0) is 10.7. The van der Waals surface area contributed by atoms with E-state index in [1.807, 2.05) is 18.3 Å². The van der Waals surface area contributed by atoms with Gasteiger partial charge in [-0.1, -0.05) is 12.1 Å². The molecule has 2 aromatic rings. The molecule has 78 valence electrons. The number of carbonyl (C=O) groups excluding carboxylic acids is 1. The standard InChI is InChI=1S/C12H13NO2/c1-15-12(14)5-3-9-2-4-10-6-7-13-11(10)8-9/h2,4,6-8,13H,3,5H2,1H3. The number of carbonyl (C=O) groups is 1. The van der Waals surface area contributed by atoms with Gasteiger partial charge >= 0.3 is 5.97 Å². The maximum absolute atomic E-state index is 11.0. The van der Waals surface area contributed by atoms with Crippen molar-refractivity contribution in [3.8, 4) is 0 Å². The molecule has 0 saturated heterocycles. The number of aromatic nitrogens is 1. The first-order valence-electron chi connectivity index (χ1n) is 4.92. The number of esters is 1. The van der Waals surface area contributed by atoms with Gasteiger partial charge in [-0.05, 0) is 29.5 Å². The average Bonchev–Trinajstić information content (AvgIpc) is 2.72. The van der Waals surface area contributed by atoms with Gasteiger partial charge in [0.05, 0.1) is 7.11 Å². The summed E-state index contributed by atoms with van der Waals surface area (Å²) in [6, 6.07) is 8.19. The maximum Gasteiger partial charge on any atom is 0.305 e. The third kappa shape index (κ3) is 2.18. The van der Waals surface area contributed by atoms with Crippen LogP contribution in [0.1, 0.15) is 12.0 Å². The second-order valence-corrected chi connectivity index (χ2v) is 3.48. The highest BCUT2D eigenvalue weighted by molar-refractivity contribution is 5.80. The highest BCUT2D eigenvalue weighted by Crippen LogP contribution is 2.15. The molecule has 15 heavy (non-hydrogen) atoms. The smallest absolute Gasteiger partial charge is 0.305 e. The fraction of sp³-hybridized carbons (Fsp3) is 0.250. The number of rotatable bonds is 3. The van der Waals surface area contributed by atoms with E-state index in [0.717, 1.165) is 17.5 Å². The van der Waals surface area contributed by atoms with Gasteiger partial charge in [0.15, 0.2) is 0 Å².